The predicted octanol–water partition coefficient (Wildman–Crippen LogP) is 4.96. The number of rotatable bonds is 6. The molecule has 5 aromatic rings. The van der Waals surface area contributed by atoms with Gasteiger partial charge in [-0.15, -0.1) is 0 Å². The molecule has 0 atom stereocenters. The fourth-order valence-electron chi connectivity index (χ4n) is 5.18. The summed E-state index contributed by atoms with van der Waals surface area (Å²) >= 11 is 0. The molecule has 8 heteroatoms. The van der Waals surface area contributed by atoms with Gasteiger partial charge in [-0.3, -0.25) is 14.8 Å². The standard InChI is InChI=1S/C30H28N6O2/c31-30(38)23-11-6-20(16-25(23)35-21-7-9-22(37)10-8-21)28-29-24(12-14-32-28)27(13-15-33-29)36-17-26(34-18-36)19-4-2-1-3-5-19/h1-6,11-18,21-22,35,37H,7-10H2,(H2,31,38). The Labute approximate surface area is 220 Å². The number of aliphatic hydroxyl groups is 1. The summed E-state index contributed by atoms with van der Waals surface area (Å²) in [6.45, 7) is 0. The average molecular weight is 505 g/mol. The van der Waals surface area contributed by atoms with Crippen molar-refractivity contribution in [2.75, 3.05) is 5.32 Å². The summed E-state index contributed by atoms with van der Waals surface area (Å²) in [6, 6.07) is 19.7. The number of pyridine rings is 2. The van der Waals surface area contributed by atoms with Crippen molar-refractivity contribution in [2.45, 2.75) is 37.8 Å². The number of carbonyl (C=O) groups is 1. The summed E-state index contributed by atoms with van der Waals surface area (Å²) in [5.74, 6) is -0.490. The molecule has 1 amide bonds. The minimum absolute atomic E-state index is 0.164. The Morgan fingerprint density at radius 3 is 2.50 bits per heavy atom. The molecular weight excluding hydrogens is 476 g/mol. The lowest BCUT2D eigenvalue weighted by Crippen LogP contribution is -2.29. The van der Waals surface area contributed by atoms with E-state index in [1.807, 2.05) is 71.7 Å². The molecule has 0 bridgehead atoms. The Hall–Kier alpha value is -4.56. The van der Waals surface area contributed by atoms with Gasteiger partial charge in [0.2, 0.25) is 0 Å². The lowest BCUT2D eigenvalue weighted by Gasteiger charge is -2.28. The van der Waals surface area contributed by atoms with E-state index < -0.39 is 5.91 Å². The first-order valence-electron chi connectivity index (χ1n) is 12.8. The van der Waals surface area contributed by atoms with Gasteiger partial charge in [0, 0.05) is 46.8 Å². The van der Waals surface area contributed by atoms with Crippen molar-refractivity contribution >= 4 is 22.5 Å². The van der Waals surface area contributed by atoms with Gasteiger partial charge in [0.05, 0.1) is 40.6 Å². The number of carbonyl (C=O) groups excluding carboxylic acids is 1. The van der Waals surface area contributed by atoms with E-state index in [1.165, 1.54) is 0 Å². The zero-order valence-electron chi connectivity index (χ0n) is 20.8. The SMILES string of the molecule is NC(=O)c1ccc(-c2nccc3c(-n4cnc(-c5ccccc5)c4)ccnc23)cc1NC1CCC(O)CC1. The normalized spacial score (nSPS) is 17.4. The lowest BCUT2D eigenvalue weighted by atomic mass is 9.92. The fourth-order valence-corrected chi connectivity index (χ4v) is 5.18. The van der Waals surface area contributed by atoms with Crippen molar-refractivity contribution in [3.05, 3.63) is 91.1 Å². The van der Waals surface area contributed by atoms with Gasteiger partial charge in [-0.05, 0) is 49.9 Å². The number of hydrogen-bond donors (Lipinski definition) is 3. The summed E-state index contributed by atoms with van der Waals surface area (Å²) in [5, 5.41) is 14.3. The van der Waals surface area contributed by atoms with Crippen LogP contribution in [0.25, 0.3) is 39.1 Å². The van der Waals surface area contributed by atoms with Crippen molar-refractivity contribution in [1.82, 2.24) is 19.5 Å². The molecule has 0 saturated heterocycles. The van der Waals surface area contributed by atoms with E-state index in [4.69, 9.17) is 5.73 Å². The number of benzene rings is 2. The average Bonchev–Trinajstić information content (AvgIpc) is 3.44. The van der Waals surface area contributed by atoms with Gasteiger partial charge in [0.15, 0.2) is 0 Å². The van der Waals surface area contributed by atoms with Crippen molar-refractivity contribution in [1.29, 1.82) is 0 Å². The summed E-state index contributed by atoms with van der Waals surface area (Å²) in [5.41, 5.74) is 12.0. The first kappa shape index (κ1) is 23.8. The molecule has 8 nitrogen and oxygen atoms in total. The number of anilines is 1. The van der Waals surface area contributed by atoms with Gasteiger partial charge >= 0.3 is 0 Å². The molecule has 3 heterocycles. The summed E-state index contributed by atoms with van der Waals surface area (Å²) in [6.07, 6.45) is 10.2. The van der Waals surface area contributed by atoms with Crippen LogP contribution in [-0.4, -0.2) is 42.7 Å². The van der Waals surface area contributed by atoms with Crippen LogP contribution >= 0.6 is 0 Å². The summed E-state index contributed by atoms with van der Waals surface area (Å²) in [4.78, 5) is 26.2. The van der Waals surface area contributed by atoms with Crippen LogP contribution in [0.1, 0.15) is 36.0 Å². The predicted molar refractivity (Wildman–Crippen MR) is 148 cm³/mol. The number of hydrogen-bond acceptors (Lipinski definition) is 6. The number of aliphatic hydroxyl groups excluding tert-OH is 1. The topological polar surface area (TPSA) is 119 Å². The third-order valence-electron chi connectivity index (χ3n) is 7.18. The van der Waals surface area contributed by atoms with Crippen LogP contribution in [0.2, 0.25) is 0 Å². The van der Waals surface area contributed by atoms with E-state index in [9.17, 15) is 9.90 Å². The smallest absolute Gasteiger partial charge is 0.250 e. The minimum atomic E-state index is -0.490. The molecule has 3 aromatic heterocycles. The Morgan fingerprint density at radius 1 is 0.921 bits per heavy atom. The zero-order chi connectivity index (χ0) is 26.1. The minimum Gasteiger partial charge on any atom is -0.393 e. The van der Waals surface area contributed by atoms with E-state index in [0.717, 1.165) is 59.1 Å². The molecule has 1 saturated carbocycles. The van der Waals surface area contributed by atoms with E-state index in [1.54, 1.807) is 18.5 Å². The Balaban J connectivity index is 1.39. The van der Waals surface area contributed by atoms with Crippen LogP contribution in [0.3, 0.4) is 0 Å². The molecule has 1 fully saturated rings. The summed E-state index contributed by atoms with van der Waals surface area (Å²) in [7, 11) is 0. The van der Waals surface area contributed by atoms with Gasteiger partial charge < -0.3 is 20.7 Å². The van der Waals surface area contributed by atoms with E-state index >= 15 is 0 Å². The van der Waals surface area contributed by atoms with E-state index in [0.29, 0.717) is 16.9 Å². The highest BCUT2D eigenvalue weighted by molar-refractivity contribution is 6.01. The highest BCUT2D eigenvalue weighted by Crippen LogP contribution is 2.33. The van der Waals surface area contributed by atoms with E-state index in [2.05, 4.69) is 20.3 Å². The quantitative estimate of drug-likeness (QED) is 0.301. The number of fused-ring (bicyclic) bond motifs is 1. The van der Waals surface area contributed by atoms with Crippen LogP contribution < -0.4 is 11.1 Å². The highest BCUT2D eigenvalue weighted by Gasteiger charge is 2.21. The first-order chi connectivity index (χ1) is 18.6. The molecule has 1 aliphatic carbocycles. The molecule has 0 aliphatic heterocycles. The number of nitrogens with one attached hydrogen (secondary N) is 1. The number of amides is 1. The van der Waals surface area contributed by atoms with Crippen molar-refractivity contribution in [3.63, 3.8) is 0 Å². The van der Waals surface area contributed by atoms with Crippen LogP contribution in [0.4, 0.5) is 5.69 Å². The van der Waals surface area contributed by atoms with Crippen molar-refractivity contribution in [2.24, 2.45) is 5.73 Å². The lowest BCUT2D eigenvalue weighted by molar-refractivity contribution is 0.100. The molecular formula is C30H28N6O2. The zero-order valence-corrected chi connectivity index (χ0v) is 20.8. The van der Waals surface area contributed by atoms with Crippen LogP contribution in [0, 0.1) is 0 Å². The van der Waals surface area contributed by atoms with E-state index in [-0.39, 0.29) is 12.1 Å². The monoisotopic (exact) mass is 504 g/mol. The molecule has 190 valence electrons. The van der Waals surface area contributed by atoms with Crippen LogP contribution in [0.5, 0.6) is 0 Å². The maximum absolute atomic E-state index is 12.2. The highest BCUT2D eigenvalue weighted by atomic mass is 16.3. The molecule has 0 radical (unpaired) electrons. The maximum Gasteiger partial charge on any atom is 0.250 e. The number of aromatic nitrogens is 4. The number of nitrogens with zero attached hydrogens (tertiary/aromatic N) is 4. The summed E-state index contributed by atoms with van der Waals surface area (Å²) < 4.78 is 2.00. The Kier molecular flexibility index (Phi) is 6.31. The third kappa shape index (κ3) is 4.62. The molecule has 38 heavy (non-hydrogen) atoms. The van der Waals surface area contributed by atoms with Crippen molar-refractivity contribution < 1.29 is 9.90 Å². The number of imidazole rings is 1. The second-order valence-electron chi connectivity index (χ2n) is 9.69. The number of primary amides is 1. The largest absolute Gasteiger partial charge is 0.393 e. The third-order valence-corrected chi connectivity index (χ3v) is 7.18. The molecule has 6 rings (SSSR count). The second-order valence-corrected chi connectivity index (χ2v) is 9.69. The molecule has 2 aromatic carbocycles. The molecule has 1 aliphatic rings. The van der Waals surface area contributed by atoms with Gasteiger partial charge in [-0.2, -0.15) is 0 Å². The Morgan fingerprint density at radius 2 is 1.71 bits per heavy atom. The van der Waals surface area contributed by atoms with Gasteiger partial charge in [0.25, 0.3) is 5.91 Å². The molecule has 4 N–H and O–H groups in total. The van der Waals surface area contributed by atoms with Crippen molar-refractivity contribution in [3.8, 4) is 28.2 Å². The molecule has 0 spiro atoms. The maximum atomic E-state index is 12.2. The van der Waals surface area contributed by atoms with Crippen LogP contribution in [-0.2, 0) is 0 Å². The fraction of sp³-hybridized carbons (Fsp3) is 0.200. The molecule has 0 unspecified atom stereocenters. The van der Waals surface area contributed by atoms with Crippen LogP contribution in [0.15, 0.2) is 85.6 Å². The van der Waals surface area contributed by atoms with Gasteiger partial charge in [-0.1, -0.05) is 36.4 Å². The number of nitrogens with two attached hydrogens (primary N) is 1. The van der Waals surface area contributed by atoms with Gasteiger partial charge in [0.1, 0.15) is 0 Å². The first-order valence-corrected chi connectivity index (χ1v) is 12.8. The van der Waals surface area contributed by atoms with Gasteiger partial charge in [-0.25, -0.2) is 4.98 Å². The Bertz CT molecular complexity index is 1610. The second kappa shape index (κ2) is 10.1.